The lowest BCUT2D eigenvalue weighted by atomic mass is 9.96. The molecule has 0 saturated heterocycles. The van der Waals surface area contributed by atoms with E-state index in [9.17, 15) is 0 Å². The molecule has 0 saturated carbocycles. The minimum absolute atomic E-state index is 0.903. The molecule has 0 N–H and O–H groups in total. The summed E-state index contributed by atoms with van der Waals surface area (Å²) in [6.45, 7) is 0. The van der Waals surface area contributed by atoms with Crippen molar-refractivity contribution >= 4 is 43.6 Å². The van der Waals surface area contributed by atoms with E-state index in [1.807, 2.05) is 0 Å². The molecule has 0 unspecified atom stereocenters. The Morgan fingerprint density at radius 2 is 0.824 bits per heavy atom. The molecule has 2 heterocycles. The summed E-state index contributed by atoms with van der Waals surface area (Å²) >= 11 is 0. The fourth-order valence-electron chi connectivity index (χ4n) is 8.81. The van der Waals surface area contributed by atoms with Gasteiger partial charge in [-0.05, 0) is 87.0 Å². The highest BCUT2D eigenvalue weighted by molar-refractivity contribution is 6.29. The van der Waals surface area contributed by atoms with E-state index >= 15 is 0 Å². The smallest absolute Gasteiger partial charge is 0.0549 e. The third-order valence-electron chi connectivity index (χ3n) is 11.0. The average Bonchev–Trinajstić information content (AvgIpc) is 3.86. The molecular weight excluding hydrogens is 617 g/mol. The monoisotopic (exact) mass is 648 g/mol. The van der Waals surface area contributed by atoms with Crippen molar-refractivity contribution in [3.63, 3.8) is 0 Å². The SMILES string of the molecule is c1ccc(-c2ccc(-n3c4ccccc4c4c5c6ccccc6n(-c6cccc7c6Cc6c(-c8ccccc8)cccc6-7)c5ccc43)cc2)cc1. The van der Waals surface area contributed by atoms with Crippen LogP contribution in [-0.4, -0.2) is 9.13 Å². The third kappa shape index (κ3) is 4.11. The van der Waals surface area contributed by atoms with Crippen LogP contribution in [0.5, 0.6) is 0 Å². The second-order valence-corrected chi connectivity index (χ2v) is 13.6. The van der Waals surface area contributed by atoms with E-state index in [0.29, 0.717) is 0 Å². The summed E-state index contributed by atoms with van der Waals surface area (Å²) in [6.07, 6.45) is 0.903. The minimum atomic E-state index is 0.903. The van der Waals surface area contributed by atoms with E-state index in [1.165, 1.54) is 93.8 Å². The Hall–Kier alpha value is -6.64. The molecule has 0 radical (unpaired) electrons. The molecule has 2 nitrogen and oxygen atoms in total. The van der Waals surface area contributed by atoms with Crippen LogP contribution in [0.15, 0.2) is 182 Å². The van der Waals surface area contributed by atoms with Gasteiger partial charge in [-0.15, -0.1) is 0 Å². The maximum Gasteiger partial charge on any atom is 0.0549 e. The number of hydrogen-bond donors (Lipinski definition) is 0. The van der Waals surface area contributed by atoms with Gasteiger partial charge in [-0.3, -0.25) is 0 Å². The number of benzene rings is 8. The molecule has 1 aliphatic rings. The molecule has 0 atom stereocenters. The second-order valence-electron chi connectivity index (χ2n) is 13.6. The molecule has 1 aliphatic carbocycles. The Morgan fingerprint density at radius 1 is 0.314 bits per heavy atom. The number of aromatic nitrogens is 2. The summed E-state index contributed by atoms with van der Waals surface area (Å²) in [7, 11) is 0. The summed E-state index contributed by atoms with van der Waals surface area (Å²) in [5.74, 6) is 0. The molecule has 238 valence electrons. The van der Waals surface area contributed by atoms with Crippen LogP contribution in [0.25, 0.3) is 88.4 Å². The summed E-state index contributed by atoms with van der Waals surface area (Å²) in [5.41, 5.74) is 17.9. The molecule has 0 bridgehead atoms. The highest BCUT2D eigenvalue weighted by atomic mass is 15.0. The molecule has 51 heavy (non-hydrogen) atoms. The fraction of sp³-hybridized carbons (Fsp3) is 0.0204. The number of fused-ring (bicyclic) bond motifs is 10. The summed E-state index contributed by atoms with van der Waals surface area (Å²) in [4.78, 5) is 0. The Balaban J connectivity index is 1.15. The van der Waals surface area contributed by atoms with Crippen molar-refractivity contribution in [1.82, 2.24) is 9.13 Å². The van der Waals surface area contributed by atoms with Crippen LogP contribution in [-0.2, 0) is 6.42 Å². The largest absolute Gasteiger partial charge is 0.309 e. The highest BCUT2D eigenvalue weighted by Crippen LogP contribution is 2.47. The summed E-state index contributed by atoms with van der Waals surface area (Å²) in [6, 6.07) is 66.6. The maximum atomic E-state index is 2.53. The number of nitrogens with zero attached hydrogens (tertiary/aromatic N) is 2. The first-order chi connectivity index (χ1) is 25.3. The Morgan fingerprint density at radius 3 is 1.51 bits per heavy atom. The van der Waals surface area contributed by atoms with Crippen LogP contribution >= 0.6 is 0 Å². The number of rotatable bonds is 4. The van der Waals surface area contributed by atoms with Gasteiger partial charge in [-0.1, -0.05) is 140 Å². The Kier molecular flexibility index (Phi) is 6.05. The number of hydrogen-bond acceptors (Lipinski definition) is 0. The van der Waals surface area contributed by atoms with Gasteiger partial charge in [0, 0.05) is 33.7 Å². The van der Waals surface area contributed by atoms with Crippen LogP contribution in [0, 0.1) is 0 Å². The van der Waals surface area contributed by atoms with E-state index in [1.54, 1.807) is 0 Å². The average molecular weight is 649 g/mol. The van der Waals surface area contributed by atoms with Gasteiger partial charge in [0.1, 0.15) is 0 Å². The first kappa shape index (κ1) is 28.2. The van der Waals surface area contributed by atoms with Crippen molar-refractivity contribution in [2.45, 2.75) is 6.42 Å². The van der Waals surface area contributed by atoms with Crippen molar-refractivity contribution in [2.24, 2.45) is 0 Å². The molecule has 2 heteroatoms. The van der Waals surface area contributed by atoms with Crippen LogP contribution in [0.1, 0.15) is 11.1 Å². The van der Waals surface area contributed by atoms with E-state index in [2.05, 4.69) is 191 Å². The molecular formula is C49H32N2. The van der Waals surface area contributed by atoms with Gasteiger partial charge in [0.05, 0.1) is 27.8 Å². The summed E-state index contributed by atoms with van der Waals surface area (Å²) in [5, 5.41) is 5.15. The van der Waals surface area contributed by atoms with Gasteiger partial charge in [0.25, 0.3) is 0 Å². The van der Waals surface area contributed by atoms with E-state index in [-0.39, 0.29) is 0 Å². The fourth-order valence-corrected chi connectivity index (χ4v) is 8.81. The minimum Gasteiger partial charge on any atom is -0.309 e. The highest BCUT2D eigenvalue weighted by Gasteiger charge is 2.27. The van der Waals surface area contributed by atoms with Gasteiger partial charge in [0.15, 0.2) is 0 Å². The van der Waals surface area contributed by atoms with Crippen molar-refractivity contribution in [3.05, 3.63) is 193 Å². The quantitative estimate of drug-likeness (QED) is 0.180. The standard InChI is InChI=1S/C49H32N2/c1-3-13-32(14-4-1)33-25-27-35(28-26-33)50-43-22-9-7-17-39(43)48-46(50)29-30-47-49(48)40-18-8-10-23-44(40)51(47)45-24-12-21-38-37-20-11-19-36(41(37)31-42(38)45)34-15-5-2-6-16-34/h1-30H,31H2. The van der Waals surface area contributed by atoms with Gasteiger partial charge in [-0.25, -0.2) is 0 Å². The Bertz CT molecular complexity index is 2960. The molecule has 0 spiro atoms. The predicted octanol–water partition coefficient (Wildman–Crippen LogP) is 12.8. The zero-order valence-corrected chi connectivity index (χ0v) is 27.9. The zero-order chi connectivity index (χ0) is 33.5. The van der Waals surface area contributed by atoms with Crippen molar-refractivity contribution in [1.29, 1.82) is 0 Å². The molecule has 10 aromatic rings. The Labute approximate surface area is 296 Å². The van der Waals surface area contributed by atoms with Gasteiger partial charge >= 0.3 is 0 Å². The van der Waals surface area contributed by atoms with Crippen LogP contribution in [0.2, 0.25) is 0 Å². The molecule has 2 aromatic heterocycles. The van der Waals surface area contributed by atoms with Crippen LogP contribution in [0.3, 0.4) is 0 Å². The molecule has 0 aliphatic heterocycles. The first-order valence-electron chi connectivity index (χ1n) is 17.7. The molecule has 11 rings (SSSR count). The van der Waals surface area contributed by atoms with Gasteiger partial charge < -0.3 is 9.13 Å². The third-order valence-corrected chi connectivity index (χ3v) is 11.0. The lowest BCUT2D eigenvalue weighted by Crippen LogP contribution is -1.99. The van der Waals surface area contributed by atoms with Gasteiger partial charge in [0.2, 0.25) is 0 Å². The molecule has 8 aromatic carbocycles. The molecule has 0 fully saturated rings. The van der Waals surface area contributed by atoms with E-state index in [0.717, 1.165) is 12.1 Å². The van der Waals surface area contributed by atoms with E-state index < -0.39 is 0 Å². The zero-order valence-electron chi connectivity index (χ0n) is 27.9. The van der Waals surface area contributed by atoms with E-state index in [4.69, 9.17) is 0 Å². The lowest BCUT2D eigenvalue weighted by Gasteiger charge is -2.13. The first-order valence-corrected chi connectivity index (χ1v) is 17.7. The predicted molar refractivity (Wildman–Crippen MR) is 214 cm³/mol. The second kappa shape index (κ2) is 10.9. The van der Waals surface area contributed by atoms with Crippen molar-refractivity contribution in [3.8, 4) is 44.8 Å². The number of para-hydroxylation sites is 2. The van der Waals surface area contributed by atoms with Crippen molar-refractivity contribution in [2.75, 3.05) is 0 Å². The van der Waals surface area contributed by atoms with Gasteiger partial charge in [-0.2, -0.15) is 0 Å². The van der Waals surface area contributed by atoms with Crippen LogP contribution in [0.4, 0.5) is 0 Å². The normalized spacial score (nSPS) is 12.2. The maximum absolute atomic E-state index is 2.53. The summed E-state index contributed by atoms with van der Waals surface area (Å²) < 4.78 is 4.96. The topological polar surface area (TPSA) is 9.86 Å². The molecule has 0 amide bonds. The van der Waals surface area contributed by atoms with Crippen LogP contribution < -0.4 is 0 Å². The van der Waals surface area contributed by atoms with Crippen molar-refractivity contribution < 1.29 is 0 Å². The lowest BCUT2D eigenvalue weighted by molar-refractivity contribution is 1.12.